The minimum absolute atomic E-state index is 0.00421. The summed E-state index contributed by atoms with van der Waals surface area (Å²) in [4.78, 5) is 28.4. The molecule has 3 aromatic carbocycles. The number of sulfonamides is 1. The maximum Gasteiger partial charge on any atom is 0.416 e. The van der Waals surface area contributed by atoms with E-state index in [-0.39, 0.29) is 29.1 Å². The molecule has 11 heteroatoms. The summed E-state index contributed by atoms with van der Waals surface area (Å²) in [5.74, 6) is -1.07. The van der Waals surface area contributed by atoms with Crippen LogP contribution in [0.1, 0.15) is 49.3 Å². The highest BCUT2D eigenvalue weighted by Gasteiger charge is 2.35. The second-order valence-electron chi connectivity index (χ2n) is 10.9. The van der Waals surface area contributed by atoms with Gasteiger partial charge in [-0.3, -0.25) is 13.9 Å². The first kappa shape index (κ1) is 32.1. The predicted molar refractivity (Wildman–Crippen MR) is 159 cm³/mol. The van der Waals surface area contributed by atoms with Crippen molar-refractivity contribution in [3.05, 3.63) is 95.6 Å². The minimum atomic E-state index is -4.73. The number of nitrogens with zero attached hydrogens (tertiary/aromatic N) is 2. The number of carbonyl (C=O) groups is 2. The number of amides is 2. The zero-order valence-corrected chi connectivity index (χ0v) is 25.0. The van der Waals surface area contributed by atoms with Gasteiger partial charge in [0.05, 0.1) is 16.1 Å². The number of alkyl halides is 3. The van der Waals surface area contributed by atoms with Crippen molar-refractivity contribution in [1.29, 1.82) is 0 Å². The van der Waals surface area contributed by atoms with Crippen molar-refractivity contribution in [3.8, 4) is 0 Å². The molecular formula is C32H36F3N3O4S. The van der Waals surface area contributed by atoms with Crippen LogP contribution in [0.4, 0.5) is 18.9 Å². The van der Waals surface area contributed by atoms with Crippen LogP contribution in [-0.4, -0.2) is 50.3 Å². The van der Waals surface area contributed by atoms with E-state index in [1.54, 1.807) is 26.0 Å². The fraction of sp³-hybridized carbons (Fsp3) is 0.375. The topological polar surface area (TPSA) is 86.8 Å². The lowest BCUT2D eigenvalue weighted by atomic mass is 10.1. The molecule has 3 aromatic rings. The van der Waals surface area contributed by atoms with E-state index in [1.165, 1.54) is 23.1 Å². The Morgan fingerprint density at radius 3 is 2.23 bits per heavy atom. The van der Waals surface area contributed by atoms with Crippen LogP contribution in [0.5, 0.6) is 0 Å². The standard InChI is InChI=1S/C32H36F3N3O4S/c1-23-15-17-29(18-16-23)43(41,42)38(28-14-8-11-26(21-28)32(33,34)35)22-30(39)37(20-19-25-9-4-3-5-10-25)24(2)31(40)36-27-12-6-7-13-27/h3-5,8-11,14-18,21,24,27H,6-7,12-13,19-20,22H2,1-2H3,(H,36,40)/t24-/m1/s1. The van der Waals surface area contributed by atoms with E-state index >= 15 is 0 Å². The molecule has 0 aromatic heterocycles. The molecule has 0 saturated heterocycles. The lowest BCUT2D eigenvalue weighted by Crippen LogP contribution is -2.53. The molecule has 1 aliphatic carbocycles. The average molecular weight is 616 g/mol. The van der Waals surface area contributed by atoms with Crippen LogP contribution in [0.15, 0.2) is 83.8 Å². The van der Waals surface area contributed by atoms with Crippen LogP contribution in [0, 0.1) is 6.92 Å². The van der Waals surface area contributed by atoms with Gasteiger partial charge in [-0.25, -0.2) is 8.42 Å². The van der Waals surface area contributed by atoms with E-state index in [9.17, 15) is 31.2 Å². The summed E-state index contributed by atoms with van der Waals surface area (Å²) in [5.41, 5.74) is 0.335. The maximum atomic E-state index is 14.0. The van der Waals surface area contributed by atoms with E-state index in [2.05, 4.69) is 5.32 Å². The third-order valence-corrected chi connectivity index (χ3v) is 9.49. The normalized spacial score (nSPS) is 14.7. The number of benzene rings is 3. The van der Waals surface area contributed by atoms with Gasteiger partial charge >= 0.3 is 6.18 Å². The van der Waals surface area contributed by atoms with Crippen LogP contribution in [-0.2, 0) is 32.2 Å². The van der Waals surface area contributed by atoms with Crippen LogP contribution >= 0.6 is 0 Å². The highest BCUT2D eigenvalue weighted by molar-refractivity contribution is 7.92. The molecule has 0 heterocycles. The molecule has 43 heavy (non-hydrogen) atoms. The molecule has 0 unspecified atom stereocenters. The van der Waals surface area contributed by atoms with Gasteiger partial charge in [0.2, 0.25) is 11.8 Å². The highest BCUT2D eigenvalue weighted by atomic mass is 32.2. The first-order valence-corrected chi connectivity index (χ1v) is 15.7. The van der Waals surface area contributed by atoms with E-state index in [1.807, 2.05) is 30.3 Å². The number of hydrogen-bond donors (Lipinski definition) is 1. The average Bonchev–Trinajstić information content (AvgIpc) is 3.49. The van der Waals surface area contributed by atoms with Crippen molar-refractivity contribution >= 4 is 27.5 Å². The number of aryl methyl sites for hydroxylation is 1. The Labute approximate surface area is 250 Å². The van der Waals surface area contributed by atoms with E-state index in [4.69, 9.17) is 0 Å². The Kier molecular flexibility index (Phi) is 10.2. The summed E-state index contributed by atoms with van der Waals surface area (Å²) >= 11 is 0. The highest BCUT2D eigenvalue weighted by Crippen LogP contribution is 2.33. The number of nitrogens with one attached hydrogen (secondary N) is 1. The fourth-order valence-electron chi connectivity index (χ4n) is 5.17. The van der Waals surface area contributed by atoms with Crippen molar-refractivity contribution in [1.82, 2.24) is 10.2 Å². The molecule has 7 nitrogen and oxygen atoms in total. The van der Waals surface area contributed by atoms with Crippen molar-refractivity contribution in [2.24, 2.45) is 0 Å². The van der Waals surface area contributed by atoms with Crippen LogP contribution in [0.2, 0.25) is 0 Å². The van der Waals surface area contributed by atoms with Crippen LogP contribution < -0.4 is 9.62 Å². The van der Waals surface area contributed by atoms with E-state index in [0.29, 0.717) is 16.8 Å². The molecule has 230 valence electrons. The second kappa shape index (κ2) is 13.6. The molecule has 4 rings (SSSR count). The number of anilines is 1. The lowest BCUT2D eigenvalue weighted by molar-refractivity contribution is -0.139. The summed E-state index contributed by atoms with van der Waals surface area (Å²) in [7, 11) is -4.48. The largest absolute Gasteiger partial charge is 0.416 e. The Bertz CT molecular complexity index is 1510. The maximum absolute atomic E-state index is 14.0. The van der Waals surface area contributed by atoms with Gasteiger partial charge in [0.15, 0.2) is 0 Å². The summed E-state index contributed by atoms with van der Waals surface area (Å²) in [6.07, 6.45) is -0.656. The van der Waals surface area contributed by atoms with Gasteiger partial charge in [-0.2, -0.15) is 13.2 Å². The number of hydrogen-bond acceptors (Lipinski definition) is 4. The van der Waals surface area contributed by atoms with E-state index < -0.39 is 40.3 Å². The number of rotatable bonds is 11. The predicted octanol–water partition coefficient (Wildman–Crippen LogP) is 5.73. The van der Waals surface area contributed by atoms with Gasteiger partial charge in [-0.1, -0.05) is 66.9 Å². The molecule has 0 spiro atoms. The summed E-state index contributed by atoms with van der Waals surface area (Å²) in [5, 5.41) is 2.99. The first-order chi connectivity index (χ1) is 20.4. The SMILES string of the molecule is Cc1ccc(S(=O)(=O)N(CC(=O)N(CCc2ccccc2)[C@H](C)C(=O)NC2CCCC2)c2cccc(C(F)(F)F)c2)cc1. The quantitative estimate of drug-likeness (QED) is 0.299. The van der Waals surface area contributed by atoms with Crippen molar-refractivity contribution in [3.63, 3.8) is 0 Å². The number of halogens is 3. The Morgan fingerprint density at radius 1 is 0.953 bits per heavy atom. The zero-order valence-electron chi connectivity index (χ0n) is 24.2. The third kappa shape index (κ3) is 8.16. The van der Waals surface area contributed by atoms with E-state index in [0.717, 1.165) is 48.9 Å². The van der Waals surface area contributed by atoms with Gasteiger partial charge in [0, 0.05) is 12.6 Å². The first-order valence-electron chi connectivity index (χ1n) is 14.3. The Balaban J connectivity index is 1.69. The molecular weight excluding hydrogens is 579 g/mol. The molecule has 1 N–H and O–H groups in total. The molecule has 0 aliphatic heterocycles. The Morgan fingerprint density at radius 2 is 1.60 bits per heavy atom. The second-order valence-corrected chi connectivity index (χ2v) is 12.7. The van der Waals surface area contributed by atoms with Crippen molar-refractivity contribution in [2.45, 2.75) is 69.1 Å². The third-order valence-electron chi connectivity index (χ3n) is 7.70. The van der Waals surface area contributed by atoms with Crippen LogP contribution in [0.25, 0.3) is 0 Å². The molecule has 2 amide bonds. The minimum Gasteiger partial charge on any atom is -0.352 e. The summed E-state index contributed by atoms with van der Waals surface area (Å²) in [6, 6.07) is 18.1. The number of carbonyl (C=O) groups excluding carboxylic acids is 2. The fourth-order valence-corrected chi connectivity index (χ4v) is 6.57. The lowest BCUT2D eigenvalue weighted by Gasteiger charge is -2.32. The van der Waals surface area contributed by atoms with Crippen LogP contribution in [0.3, 0.4) is 0 Å². The Hall–Kier alpha value is -3.86. The molecule has 1 atom stereocenters. The molecule has 0 radical (unpaired) electrons. The monoisotopic (exact) mass is 615 g/mol. The van der Waals surface area contributed by atoms with Gasteiger partial charge in [-0.15, -0.1) is 0 Å². The summed E-state index contributed by atoms with van der Waals surface area (Å²) in [6.45, 7) is 2.65. The smallest absolute Gasteiger partial charge is 0.352 e. The molecule has 1 saturated carbocycles. The molecule has 1 fully saturated rings. The van der Waals surface area contributed by atoms with Gasteiger partial charge < -0.3 is 10.2 Å². The van der Waals surface area contributed by atoms with Gasteiger partial charge in [0.25, 0.3) is 10.0 Å². The molecule has 1 aliphatic rings. The molecule has 0 bridgehead atoms. The van der Waals surface area contributed by atoms with Crippen molar-refractivity contribution < 1.29 is 31.2 Å². The van der Waals surface area contributed by atoms with Crippen molar-refractivity contribution in [2.75, 3.05) is 17.4 Å². The summed E-state index contributed by atoms with van der Waals surface area (Å²) < 4.78 is 69.3. The van der Waals surface area contributed by atoms with Gasteiger partial charge in [-0.05, 0) is 69.0 Å². The van der Waals surface area contributed by atoms with Gasteiger partial charge in [0.1, 0.15) is 12.6 Å². The zero-order chi connectivity index (χ0) is 31.2.